The number of ether oxygens (including phenoxy) is 2. The molecule has 2 fully saturated rings. The predicted octanol–water partition coefficient (Wildman–Crippen LogP) is 2.88. The fourth-order valence-corrected chi connectivity index (χ4v) is 4.15. The number of aromatic nitrogens is 1. The first-order valence-corrected chi connectivity index (χ1v) is 9.22. The molecule has 0 bridgehead atoms. The van der Waals surface area contributed by atoms with Crippen molar-refractivity contribution in [2.45, 2.75) is 37.5 Å². The van der Waals surface area contributed by atoms with Gasteiger partial charge in [-0.1, -0.05) is 30.3 Å². The van der Waals surface area contributed by atoms with E-state index >= 15 is 0 Å². The van der Waals surface area contributed by atoms with Gasteiger partial charge in [-0.15, -0.1) is 11.3 Å². The van der Waals surface area contributed by atoms with Crippen LogP contribution in [0.4, 0.5) is 0 Å². The van der Waals surface area contributed by atoms with E-state index in [1.54, 1.807) is 0 Å². The Labute approximate surface area is 145 Å². The third kappa shape index (κ3) is 3.36. The van der Waals surface area contributed by atoms with E-state index in [-0.39, 0.29) is 24.2 Å². The second kappa shape index (κ2) is 7.01. The third-order valence-electron chi connectivity index (χ3n) is 4.57. The minimum Gasteiger partial charge on any atom is -0.373 e. The van der Waals surface area contributed by atoms with Crippen molar-refractivity contribution >= 4 is 17.2 Å². The fourth-order valence-electron chi connectivity index (χ4n) is 3.35. The van der Waals surface area contributed by atoms with E-state index in [0.29, 0.717) is 18.9 Å². The largest absolute Gasteiger partial charge is 0.373 e. The zero-order valence-electron chi connectivity index (χ0n) is 13.3. The molecule has 3 unspecified atom stereocenters. The van der Waals surface area contributed by atoms with Crippen molar-refractivity contribution in [3.05, 3.63) is 41.4 Å². The fraction of sp³-hybridized carbons (Fsp3) is 0.444. The van der Waals surface area contributed by atoms with E-state index in [1.807, 2.05) is 35.7 Å². The van der Waals surface area contributed by atoms with Crippen molar-refractivity contribution < 1.29 is 14.3 Å². The van der Waals surface area contributed by atoms with Crippen LogP contribution in [0.3, 0.4) is 0 Å². The van der Waals surface area contributed by atoms with Gasteiger partial charge < -0.3 is 14.8 Å². The van der Waals surface area contributed by atoms with Crippen LogP contribution in [-0.2, 0) is 9.47 Å². The Morgan fingerprint density at radius 2 is 1.92 bits per heavy atom. The van der Waals surface area contributed by atoms with Gasteiger partial charge in [0.2, 0.25) is 0 Å². The molecule has 1 aliphatic carbocycles. The van der Waals surface area contributed by atoms with Crippen molar-refractivity contribution in [2.75, 3.05) is 13.2 Å². The number of benzene rings is 1. The Bertz CT molecular complexity index is 703. The van der Waals surface area contributed by atoms with E-state index in [1.165, 1.54) is 11.3 Å². The number of carbonyl (C=O) groups excluding carboxylic acids is 1. The molecule has 2 aliphatic rings. The van der Waals surface area contributed by atoms with Gasteiger partial charge in [0.1, 0.15) is 10.7 Å². The highest BCUT2D eigenvalue weighted by Crippen LogP contribution is 2.27. The minimum atomic E-state index is -0.103. The highest BCUT2D eigenvalue weighted by molar-refractivity contribution is 7.13. The van der Waals surface area contributed by atoms with Crippen molar-refractivity contribution in [3.8, 4) is 10.6 Å². The van der Waals surface area contributed by atoms with Crippen LogP contribution < -0.4 is 5.32 Å². The highest BCUT2D eigenvalue weighted by atomic mass is 32.1. The summed E-state index contributed by atoms with van der Waals surface area (Å²) < 4.78 is 11.5. The van der Waals surface area contributed by atoms with Gasteiger partial charge in [-0.3, -0.25) is 4.79 Å². The average molecular weight is 344 g/mol. The van der Waals surface area contributed by atoms with Gasteiger partial charge >= 0.3 is 0 Å². The molecule has 1 aromatic carbocycles. The molecular weight excluding hydrogens is 324 g/mol. The quantitative estimate of drug-likeness (QED) is 0.930. The maximum absolute atomic E-state index is 12.5. The standard InChI is InChI=1S/C18H20N2O3S/c21-17(14-11-24-18(20-14)12-4-2-1-3-5-12)19-13-6-7-15-16(10-13)23-9-8-22-15/h1-5,11,13,15-16H,6-10H2,(H,19,21). The molecule has 1 saturated carbocycles. The molecule has 2 aromatic rings. The van der Waals surface area contributed by atoms with E-state index in [0.717, 1.165) is 29.8 Å². The molecule has 126 valence electrons. The summed E-state index contributed by atoms with van der Waals surface area (Å²) in [6.07, 6.45) is 2.96. The Morgan fingerprint density at radius 3 is 2.75 bits per heavy atom. The van der Waals surface area contributed by atoms with Crippen molar-refractivity contribution in [2.24, 2.45) is 0 Å². The second-order valence-corrected chi connectivity index (χ2v) is 7.06. The molecule has 0 spiro atoms. The summed E-state index contributed by atoms with van der Waals surface area (Å²) in [6, 6.07) is 10.0. The summed E-state index contributed by atoms with van der Waals surface area (Å²) in [5.74, 6) is -0.103. The monoisotopic (exact) mass is 344 g/mol. The van der Waals surface area contributed by atoms with Crippen LogP contribution in [0.1, 0.15) is 29.8 Å². The number of hydrogen-bond acceptors (Lipinski definition) is 5. The Morgan fingerprint density at radius 1 is 1.12 bits per heavy atom. The molecule has 1 amide bonds. The van der Waals surface area contributed by atoms with E-state index in [2.05, 4.69) is 10.3 Å². The van der Waals surface area contributed by atoms with Gasteiger partial charge in [0.15, 0.2) is 0 Å². The summed E-state index contributed by atoms with van der Waals surface area (Å²) in [6.45, 7) is 1.33. The molecule has 1 N–H and O–H groups in total. The van der Waals surface area contributed by atoms with Crippen LogP contribution in [-0.4, -0.2) is 42.4 Å². The molecule has 1 aliphatic heterocycles. The number of hydrogen-bond donors (Lipinski definition) is 1. The molecular formula is C18H20N2O3S. The van der Waals surface area contributed by atoms with Gasteiger partial charge in [-0.05, 0) is 19.3 Å². The van der Waals surface area contributed by atoms with Crippen LogP contribution in [0, 0.1) is 0 Å². The molecule has 24 heavy (non-hydrogen) atoms. The van der Waals surface area contributed by atoms with Gasteiger partial charge in [-0.25, -0.2) is 4.98 Å². The molecule has 1 aromatic heterocycles. The zero-order valence-corrected chi connectivity index (χ0v) is 14.1. The second-order valence-electron chi connectivity index (χ2n) is 6.21. The number of nitrogens with one attached hydrogen (secondary N) is 1. The lowest BCUT2D eigenvalue weighted by Crippen LogP contribution is -2.49. The molecule has 6 heteroatoms. The van der Waals surface area contributed by atoms with Gasteiger partial charge in [0.05, 0.1) is 25.4 Å². The maximum Gasteiger partial charge on any atom is 0.270 e. The van der Waals surface area contributed by atoms with Crippen LogP contribution in [0.5, 0.6) is 0 Å². The van der Waals surface area contributed by atoms with Gasteiger partial charge in [0, 0.05) is 17.0 Å². The minimum absolute atomic E-state index is 0.103. The number of thiazole rings is 1. The lowest BCUT2D eigenvalue weighted by Gasteiger charge is -2.38. The van der Waals surface area contributed by atoms with Crippen LogP contribution in [0.15, 0.2) is 35.7 Å². The lowest BCUT2D eigenvalue weighted by atomic mass is 9.89. The third-order valence-corrected chi connectivity index (χ3v) is 5.46. The molecule has 4 rings (SSSR count). The number of rotatable bonds is 3. The zero-order chi connectivity index (χ0) is 16.4. The topological polar surface area (TPSA) is 60.5 Å². The number of amides is 1. The Balaban J connectivity index is 1.39. The highest BCUT2D eigenvalue weighted by Gasteiger charge is 2.34. The molecule has 0 radical (unpaired) electrons. The number of nitrogens with zero attached hydrogens (tertiary/aromatic N) is 1. The first-order valence-electron chi connectivity index (χ1n) is 8.34. The van der Waals surface area contributed by atoms with Crippen molar-refractivity contribution in [1.82, 2.24) is 10.3 Å². The van der Waals surface area contributed by atoms with Crippen LogP contribution >= 0.6 is 11.3 Å². The Hall–Kier alpha value is -1.76. The molecule has 2 heterocycles. The molecule has 5 nitrogen and oxygen atoms in total. The summed E-state index contributed by atoms with van der Waals surface area (Å²) in [7, 11) is 0. The van der Waals surface area contributed by atoms with E-state index < -0.39 is 0 Å². The SMILES string of the molecule is O=C(NC1CCC2OCCOC2C1)c1csc(-c2ccccc2)n1. The molecule has 1 saturated heterocycles. The van der Waals surface area contributed by atoms with Crippen LogP contribution in [0.2, 0.25) is 0 Å². The summed E-state index contributed by atoms with van der Waals surface area (Å²) >= 11 is 1.49. The summed E-state index contributed by atoms with van der Waals surface area (Å²) in [4.78, 5) is 17.0. The molecule has 3 atom stereocenters. The van der Waals surface area contributed by atoms with Crippen molar-refractivity contribution in [3.63, 3.8) is 0 Å². The number of carbonyl (C=O) groups is 1. The van der Waals surface area contributed by atoms with E-state index in [9.17, 15) is 4.79 Å². The first-order chi connectivity index (χ1) is 11.8. The van der Waals surface area contributed by atoms with Gasteiger partial charge in [-0.2, -0.15) is 0 Å². The summed E-state index contributed by atoms with van der Waals surface area (Å²) in [5.41, 5.74) is 1.52. The van der Waals surface area contributed by atoms with Crippen LogP contribution in [0.25, 0.3) is 10.6 Å². The number of fused-ring (bicyclic) bond motifs is 1. The predicted molar refractivity (Wildman–Crippen MR) is 92.1 cm³/mol. The normalized spacial score (nSPS) is 26.6. The summed E-state index contributed by atoms with van der Waals surface area (Å²) in [5, 5.41) is 5.79. The smallest absolute Gasteiger partial charge is 0.270 e. The maximum atomic E-state index is 12.5. The van der Waals surface area contributed by atoms with Gasteiger partial charge in [0.25, 0.3) is 5.91 Å². The average Bonchev–Trinajstić information content (AvgIpc) is 3.13. The first kappa shape index (κ1) is 15.7. The Kier molecular flexibility index (Phi) is 4.60. The van der Waals surface area contributed by atoms with E-state index in [4.69, 9.17) is 9.47 Å². The lowest BCUT2D eigenvalue weighted by molar-refractivity contribution is -0.157. The van der Waals surface area contributed by atoms with Crippen molar-refractivity contribution in [1.29, 1.82) is 0 Å².